The van der Waals surface area contributed by atoms with Crippen LogP contribution in [0.4, 0.5) is 0 Å². The molecular formula is C39H52O2Si. The lowest BCUT2D eigenvalue weighted by Gasteiger charge is -2.62. The molecule has 0 spiro atoms. The molecule has 0 heterocycles. The van der Waals surface area contributed by atoms with Crippen molar-refractivity contribution in [1.29, 1.82) is 0 Å². The molecule has 0 radical (unpaired) electrons. The maximum absolute atomic E-state index is 12.2. The average molecular weight is 581 g/mol. The lowest BCUT2D eigenvalue weighted by Crippen LogP contribution is -2.69. The number of fused-ring (bicyclic) bond motifs is 5. The fourth-order valence-corrected chi connectivity index (χ4v) is 15.4. The number of hydrogen-bond acceptors (Lipinski definition) is 2. The molecule has 4 fully saturated rings. The van der Waals surface area contributed by atoms with E-state index in [4.69, 9.17) is 4.43 Å². The van der Waals surface area contributed by atoms with Crippen molar-refractivity contribution in [2.45, 2.75) is 110 Å². The molecule has 2 nitrogen and oxygen atoms in total. The molecule has 0 aliphatic heterocycles. The topological polar surface area (TPSA) is 26.3 Å². The molecule has 4 aliphatic carbocycles. The zero-order chi connectivity index (χ0) is 29.8. The molecular weight excluding hydrogens is 529 g/mol. The number of carbonyl (C=O) groups is 1. The molecule has 0 amide bonds. The van der Waals surface area contributed by atoms with E-state index in [0.717, 1.165) is 30.6 Å². The summed E-state index contributed by atoms with van der Waals surface area (Å²) in [5, 5.41) is 2.57. The second-order valence-electron chi connectivity index (χ2n) is 15.9. The molecule has 0 aromatic heterocycles. The Kier molecular flexibility index (Phi) is 7.89. The van der Waals surface area contributed by atoms with Crippen LogP contribution in [-0.2, 0) is 9.22 Å². The smallest absolute Gasteiger partial charge is 0.261 e. The Morgan fingerprint density at radius 1 is 0.881 bits per heavy atom. The number of ketones is 1. The maximum atomic E-state index is 12.2. The fraction of sp³-hybridized carbons (Fsp3) is 0.615. The van der Waals surface area contributed by atoms with Crippen LogP contribution in [0.1, 0.15) is 99.3 Å². The second-order valence-corrected chi connectivity index (χ2v) is 20.2. The van der Waals surface area contributed by atoms with Crippen molar-refractivity contribution in [2.24, 2.45) is 40.4 Å². The minimum atomic E-state index is -2.73. The summed E-state index contributed by atoms with van der Waals surface area (Å²) in [6.45, 7) is 13.9. The highest BCUT2D eigenvalue weighted by Crippen LogP contribution is 2.67. The number of hydrogen-bond donors (Lipinski definition) is 0. The van der Waals surface area contributed by atoms with Gasteiger partial charge in [0.15, 0.2) is 0 Å². The molecule has 4 aliphatic rings. The van der Waals surface area contributed by atoms with Crippen molar-refractivity contribution in [3.05, 3.63) is 60.7 Å². The quantitative estimate of drug-likeness (QED) is 0.207. The molecule has 2 aromatic carbocycles. The summed E-state index contributed by atoms with van der Waals surface area (Å²) in [6.07, 6.45) is 11.9. The third kappa shape index (κ3) is 4.95. The van der Waals surface area contributed by atoms with Crippen LogP contribution in [0.5, 0.6) is 0 Å². The summed E-state index contributed by atoms with van der Waals surface area (Å²) in [7, 11) is -2.73. The summed E-state index contributed by atoms with van der Waals surface area (Å²) < 4.78 is 7.80. The molecule has 0 N–H and O–H groups in total. The number of benzene rings is 2. The predicted molar refractivity (Wildman–Crippen MR) is 176 cm³/mol. The Balaban J connectivity index is 1.40. The minimum absolute atomic E-state index is 0.0260. The Morgan fingerprint density at radius 2 is 1.52 bits per heavy atom. The van der Waals surface area contributed by atoms with Crippen molar-refractivity contribution in [2.75, 3.05) is 0 Å². The van der Waals surface area contributed by atoms with Gasteiger partial charge in [0, 0.05) is 12.8 Å². The first-order chi connectivity index (χ1) is 20.0. The SMILES string of the molecule is CC(=O)C#CC1C[C@@]2(C)C(CC[C@@H]3[C@H]2CC[C@]2(C)CCC[C@@H]32)CC1O[Si](c1ccccc1)(c1ccccc1)C(C)(C)C. The monoisotopic (exact) mass is 580 g/mol. The first kappa shape index (κ1) is 29.9. The zero-order valence-corrected chi connectivity index (χ0v) is 27.9. The standard InChI is InChI=1S/C39H52O2Si/c1-28(40)19-20-29-27-39(6)30(21-22-33-34-18-13-24-38(34,5)25-23-35(33)39)26-36(29)41-42(37(2,3)4,31-14-9-7-10-15-31)32-16-11-8-12-17-32/h7-12,14-17,29-30,33-36H,13,18,21-27H2,1-6H3/t29?,30?,33-,34-,35+,36?,38-,39-/m0/s1. The van der Waals surface area contributed by atoms with Crippen molar-refractivity contribution in [1.82, 2.24) is 0 Å². The summed E-state index contributed by atoms with van der Waals surface area (Å²) in [5.74, 6) is 9.82. The van der Waals surface area contributed by atoms with Crippen LogP contribution in [0.3, 0.4) is 0 Å². The molecule has 0 saturated heterocycles. The summed E-state index contributed by atoms with van der Waals surface area (Å²) in [5.41, 5.74) is 0.843. The van der Waals surface area contributed by atoms with Crippen LogP contribution in [0.2, 0.25) is 5.04 Å². The Morgan fingerprint density at radius 3 is 2.12 bits per heavy atom. The van der Waals surface area contributed by atoms with Crippen molar-refractivity contribution >= 4 is 24.5 Å². The van der Waals surface area contributed by atoms with Crippen LogP contribution in [0.25, 0.3) is 0 Å². The highest BCUT2D eigenvalue weighted by molar-refractivity contribution is 6.99. The summed E-state index contributed by atoms with van der Waals surface area (Å²) >= 11 is 0. The van der Waals surface area contributed by atoms with Crippen molar-refractivity contribution < 1.29 is 9.22 Å². The molecule has 3 unspecified atom stereocenters. The maximum Gasteiger partial charge on any atom is 0.261 e. The molecule has 0 bridgehead atoms. The van der Waals surface area contributed by atoms with E-state index in [-0.39, 0.29) is 28.3 Å². The molecule has 8 atom stereocenters. The largest absolute Gasteiger partial charge is 0.403 e. The van der Waals surface area contributed by atoms with Gasteiger partial charge >= 0.3 is 0 Å². The number of carbonyl (C=O) groups excluding carboxylic acids is 1. The molecule has 3 heteroatoms. The summed E-state index contributed by atoms with van der Waals surface area (Å²) in [4.78, 5) is 12.2. The first-order valence-corrected chi connectivity index (χ1v) is 18.7. The van der Waals surface area contributed by atoms with Gasteiger partial charge < -0.3 is 4.43 Å². The predicted octanol–water partition coefficient (Wildman–Crippen LogP) is 8.18. The second kappa shape index (κ2) is 11.1. The van der Waals surface area contributed by atoms with Gasteiger partial charge in [-0.25, -0.2) is 0 Å². The van der Waals surface area contributed by atoms with Crippen molar-refractivity contribution in [3.63, 3.8) is 0 Å². The van der Waals surface area contributed by atoms with Crippen LogP contribution in [0.15, 0.2) is 60.7 Å². The average Bonchev–Trinajstić information content (AvgIpc) is 3.37. The van der Waals surface area contributed by atoms with E-state index in [9.17, 15) is 4.79 Å². The van der Waals surface area contributed by atoms with Gasteiger partial charge in [0.05, 0.1) is 6.10 Å². The van der Waals surface area contributed by atoms with E-state index in [1.165, 1.54) is 55.3 Å². The van der Waals surface area contributed by atoms with E-state index in [1.807, 2.05) is 0 Å². The Hall–Kier alpha value is -2.15. The van der Waals surface area contributed by atoms with Gasteiger partial charge in [0.25, 0.3) is 8.32 Å². The Labute approximate surface area is 256 Å². The molecule has 224 valence electrons. The lowest BCUT2D eigenvalue weighted by atomic mass is 9.44. The van der Waals surface area contributed by atoms with E-state index < -0.39 is 8.32 Å². The van der Waals surface area contributed by atoms with Crippen LogP contribution in [0, 0.1) is 52.3 Å². The van der Waals surface area contributed by atoms with Gasteiger partial charge in [-0.2, -0.15) is 0 Å². The van der Waals surface area contributed by atoms with E-state index in [1.54, 1.807) is 6.92 Å². The molecule has 2 aromatic rings. The van der Waals surface area contributed by atoms with E-state index in [0.29, 0.717) is 11.3 Å². The highest BCUT2D eigenvalue weighted by atomic mass is 28.4. The lowest BCUT2D eigenvalue weighted by molar-refractivity contribution is -0.128. The number of Topliss-reactive ketones (excluding diaryl/α,β-unsaturated/α-hetero) is 1. The molecule has 6 rings (SSSR count). The van der Waals surface area contributed by atoms with Crippen LogP contribution >= 0.6 is 0 Å². The van der Waals surface area contributed by atoms with E-state index >= 15 is 0 Å². The number of rotatable bonds is 4. The third-order valence-corrected chi connectivity index (χ3v) is 17.7. The van der Waals surface area contributed by atoms with Crippen LogP contribution < -0.4 is 10.4 Å². The van der Waals surface area contributed by atoms with Gasteiger partial charge in [-0.3, -0.25) is 4.79 Å². The third-order valence-electron chi connectivity index (χ3n) is 12.7. The van der Waals surface area contributed by atoms with Crippen LogP contribution in [-0.4, -0.2) is 20.2 Å². The van der Waals surface area contributed by atoms with Gasteiger partial charge in [-0.15, -0.1) is 0 Å². The zero-order valence-electron chi connectivity index (χ0n) is 26.9. The first-order valence-electron chi connectivity index (χ1n) is 16.8. The normalized spacial score (nSPS) is 36.1. The van der Waals surface area contributed by atoms with Gasteiger partial charge in [-0.05, 0) is 107 Å². The van der Waals surface area contributed by atoms with Gasteiger partial charge in [0.2, 0.25) is 5.78 Å². The molecule has 42 heavy (non-hydrogen) atoms. The molecule has 4 saturated carbocycles. The fourth-order valence-electron chi connectivity index (χ4n) is 10.7. The van der Waals surface area contributed by atoms with E-state index in [2.05, 4.69) is 107 Å². The summed E-state index contributed by atoms with van der Waals surface area (Å²) in [6, 6.07) is 22.1. The Bertz CT molecular complexity index is 1290. The van der Waals surface area contributed by atoms with Crippen molar-refractivity contribution in [3.8, 4) is 11.8 Å². The minimum Gasteiger partial charge on any atom is -0.403 e. The van der Waals surface area contributed by atoms with Gasteiger partial charge in [-0.1, -0.05) is 108 Å². The highest BCUT2D eigenvalue weighted by Gasteiger charge is 2.60. The van der Waals surface area contributed by atoms with Gasteiger partial charge in [0.1, 0.15) is 0 Å².